The van der Waals surface area contributed by atoms with Crippen molar-refractivity contribution in [2.45, 2.75) is 89.8 Å². The van der Waals surface area contributed by atoms with Crippen molar-refractivity contribution in [3.05, 3.63) is 73.4 Å². The molecule has 3 rings (SSSR count). The van der Waals surface area contributed by atoms with Crippen molar-refractivity contribution >= 4 is 19.7 Å². The maximum atomic E-state index is 15.5. The summed E-state index contributed by atoms with van der Waals surface area (Å²) in [5, 5.41) is 16.8. The number of rotatable bonds is 16. The molecular weight excluding hydrogens is 646 g/mol. The molecule has 0 saturated carbocycles. The number of aromatic amines is 1. The van der Waals surface area contributed by atoms with E-state index in [2.05, 4.69) is 15.1 Å². The number of alkyl halides is 1. The van der Waals surface area contributed by atoms with Crippen LogP contribution in [0.25, 0.3) is 10.4 Å². The number of aromatic nitrogens is 2. The van der Waals surface area contributed by atoms with Gasteiger partial charge < -0.3 is 23.8 Å². The van der Waals surface area contributed by atoms with Crippen LogP contribution in [0.15, 0.2) is 51.2 Å². The summed E-state index contributed by atoms with van der Waals surface area (Å²) in [7, 11) is -4.70. The Morgan fingerprint density at radius 3 is 2.51 bits per heavy atom. The SMILES string of the molecule is CC(C)OC(=O)CCc1ccccc1OP(=O)(NC(C)C(=O)OC(C)C)OC[C@@]1(CN=[N+]=[N-])OC(n2ccc(=O)[nH]c2=O)[C@H](F)[C@@H]1O. The van der Waals surface area contributed by atoms with E-state index in [1.165, 1.54) is 13.0 Å². The number of hydrogen-bond donors (Lipinski definition) is 3. The number of aliphatic hydroxyl groups is 1. The fourth-order valence-corrected chi connectivity index (χ4v) is 6.09. The molecule has 19 heteroatoms. The minimum absolute atomic E-state index is 0.0110. The zero-order valence-corrected chi connectivity index (χ0v) is 27.3. The lowest BCUT2D eigenvalue weighted by Crippen LogP contribution is -2.49. The number of hydrogen-bond acceptors (Lipinski definition) is 12. The predicted octanol–water partition coefficient (Wildman–Crippen LogP) is 2.83. The summed E-state index contributed by atoms with van der Waals surface area (Å²) in [6, 6.07) is 5.88. The van der Waals surface area contributed by atoms with Gasteiger partial charge in [0.15, 0.2) is 12.4 Å². The number of esters is 2. The molecule has 1 saturated heterocycles. The lowest BCUT2D eigenvalue weighted by molar-refractivity contribution is -0.149. The summed E-state index contributed by atoms with van der Waals surface area (Å²) in [5.41, 5.74) is 5.36. The zero-order valence-electron chi connectivity index (χ0n) is 26.4. The number of halogens is 1. The second-order valence-corrected chi connectivity index (χ2v) is 12.9. The molecule has 47 heavy (non-hydrogen) atoms. The van der Waals surface area contributed by atoms with Crippen LogP contribution in [0, 0.1) is 0 Å². The molecule has 1 fully saturated rings. The first-order chi connectivity index (χ1) is 22.1. The number of nitrogens with one attached hydrogen (secondary N) is 2. The molecule has 2 heterocycles. The van der Waals surface area contributed by atoms with Gasteiger partial charge in [0, 0.05) is 23.6 Å². The Kier molecular flexibility index (Phi) is 12.9. The van der Waals surface area contributed by atoms with Crippen LogP contribution >= 0.6 is 7.75 Å². The molecule has 2 aromatic rings. The van der Waals surface area contributed by atoms with Crippen molar-refractivity contribution in [2.75, 3.05) is 13.2 Å². The molecule has 3 unspecified atom stereocenters. The van der Waals surface area contributed by atoms with Gasteiger partial charge in [-0.2, -0.15) is 5.09 Å². The third-order valence-electron chi connectivity index (χ3n) is 6.69. The smallest absolute Gasteiger partial charge is 0.459 e. The quantitative estimate of drug-likeness (QED) is 0.0761. The highest BCUT2D eigenvalue weighted by molar-refractivity contribution is 7.52. The fraction of sp³-hybridized carbons (Fsp3) is 0.571. The van der Waals surface area contributed by atoms with Gasteiger partial charge in [-0.15, -0.1) is 0 Å². The second-order valence-electron chi connectivity index (χ2n) is 11.2. The van der Waals surface area contributed by atoms with E-state index in [-0.39, 0.29) is 24.7 Å². The van der Waals surface area contributed by atoms with Crippen molar-refractivity contribution in [3.63, 3.8) is 0 Å². The molecule has 17 nitrogen and oxygen atoms in total. The number of benzene rings is 1. The van der Waals surface area contributed by atoms with Gasteiger partial charge in [-0.1, -0.05) is 23.3 Å². The maximum absolute atomic E-state index is 15.5. The van der Waals surface area contributed by atoms with Crippen LogP contribution in [0.4, 0.5) is 4.39 Å². The van der Waals surface area contributed by atoms with Crippen molar-refractivity contribution in [2.24, 2.45) is 5.11 Å². The first-order valence-corrected chi connectivity index (χ1v) is 16.2. The Morgan fingerprint density at radius 1 is 1.19 bits per heavy atom. The fourth-order valence-electron chi connectivity index (χ4n) is 4.50. The highest BCUT2D eigenvalue weighted by Gasteiger charge is 2.57. The van der Waals surface area contributed by atoms with Crippen LogP contribution in [0.2, 0.25) is 0 Å². The number of ether oxygens (including phenoxy) is 3. The molecule has 6 atom stereocenters. The van der Waals surface area contributed by atoms with Crippen molar-refractivity contribution < 1.29 is 46.9 Å². The van der Waals surface area contributed by atoms with E-state index < -0.39 is 80.3 Å². The van der Waals surface area contributed by atoms with Gasteiger partial charge >= 0.3 is 25.4 Å². The van der Waals surface area contributed by atoms with Crippen LogP contribution in [0.5, 0.6) is 5.75 Å². The number of carbonyl (C=O) groups is 2. The van der Waals surface area contributed by atoms with Gasteiger partial charge in [0.2, 0.25) is 0 Å². The van der Waals surface area contributed by atoms with Gasteiger partial charge in [-0.3, -0.25) is 28.5 Å². The van der Waals surface area contributed by atoms with Crippen LogP contribution in [-0.2, 0) is 39.3 Å². The lowest BCUT2D eigenvalue weighted by atomic mass is 9.97. The monoisotopic (exact) mass is 684 g/mol. The largest absolute Gasteiger partial charge is 0.463 e. The standard InChI is InChI=1S/C28H38FN6O11P/c1-16(2)43-22(37)11-10-19-8-6-7-9-20(19)46-47(41,33-18(5)26(39)44-17(3)4)42-15-28(14-31-34-30)24(38)23(29)25(45-28)35-13-12-21(36)32-27(35)40/h6-9,12-13,16-18,23-25,38H,10-11,14-15H2,1-5H3,(H,33,41)(H,32,36,40)/t18?,23-,24+,25?,28-,47?/m1/s1. The van der Waals surface area contributed by atoms with Gasteiger partial charge in [0.1, 0.15) is 23.5 Å². The summed E-state index contributed by atoms with van der Waals surface area (Å²) in [6.45, 7) is 6.21. The average molecular weight is 685 g/mol. The number of nitrogens with zero attached hydrogens (tertiary/aromatic N) is 4. The number of carbonyl (C=O) groups excluding carboxylic acids is 2. The normalized spacial score (nSPS) is 22.7. The number of aliphatic hydroxyl groups excluding tert-OH is 1. The molecular formula is C28H38FN6O11P. The summed E-state index contributed by atoms with van der Waals surface area (Å²) >= 11 is 0. The first kappa shape index (κ1) is 37.4. The molecule has 258 valence electrons. The second kappa shape index (κ2) is 16.2. The Balaban J connectivity index is 1.97. The van der Waals surface area contributed by atoms with Gasteiger partial charge in [-0.05, 0) is 58.2 Å². The van der Waals surface area contributed by atoms with E-state index in [1.54, 1.807) is 45.9 Å². The van der Waals surface area contributed by atoms with Gasteiger partial charge in [-0.25, -0.2) is 13.8 Å². The van der Waals surface area contributed by atoms with E-state index in [0.717, 1.165) is 12.3 Å². The number of H-pyrrole nitrogens is 1. The summed E-state index contributed by atoms with van der Waals surface area (Å²) in [5.74, 6) is -1.32. The molecule has 0 radical (unpaired) electrons. The molecule has 1 aromatic heterocycles. The third kappa shape index (κ3) is 9.97. The minimum atomic E-state index is -4.70. The highest BCUT2D eigenvalue weighted by Crippen LogP contribution is 2.49. The molecule has 0 aliphatic carbocycles. The summed E-state index contributed by atoms with van der Waals surface area (Å²) in [4.78, 5) is 53.3. The minimum Gasteiger partial charge on any atom is -0.463 e. The van der Waals surface area contributed by atoms with Gasteiger partial charge in [0.25, 0.3) is 5.56 Å². The molecule has 1 aromatic carbocycles. The van der Waals surface area contributed by atoms with E-state index in [4.69, 9.17) is 28.8 Å². The molecule has 1 aliphatic rings. The average Bonchev–Trinajstić information content (AvgIpc) is 3.23. The number of aryl methyl sites for hydroxylation is 1. The Bertz CT molecular complexity index is 1630. The van der Waals surface area contributed by atoms with E-state index in [9.17, 15) is 28.8 Å². The number of para-hydroxylation sites is 1. The van der Waals surface area contributed by atoms with E-state index in [1.807, 2.05) is 4.98 Å². The van der Waals surface area contributed by atoms with Gasteiger partial charge in [0.05, 0.1) is 25.4 Å². The van der Waals surface area contributed by atoms with Crippen molar-refractivity contribution in [3.8, 4) is 5.75 Å². The highest BCUT2D eigenvalue weighted by atomic mass is 31.2. The van der Waals surface area contributed by atoms with Crippen LogP contribution in [-0.4, -0.2) is 75.9 Å². The summed E-state index contributed by atoms with van der Waals surface area (Å²) < 4.78 is 58.1. The van der Waals surface area contributed by atoms with Crippen molar-refractivity contribution in [1.82, 2.24) is 14.6 Å². The Labute approximate surface area is 268 Å². The Morgan fingerprint density at radius 2 is 1.87 bits per heavy atom. The molecule has 1 aliphatic heterocycles. The zero-order chi connectivity index (χ0) is 34.9. The first-order valence-electron chi connectivity index (χ1n) is 14.6. The molecule has 3 N–H and O–H groups in total. The van der Waals surface area contributed by atoms with E-state index in [0.29, 0.717) is 10.1 Å². The molecule has 0 spiro atoms. The summed E-state index contributed by atoms with van der Waals surface area (Å²) in [6.07, 6.45) is -6.13. The molecule has 0 amide bonds. The maximum Gasteiger partial charge on any atom is 0.459 e. The van der Waals surface area contributed by atoms with Crippen molar-refractivity contribution in [1.29, 1.82) is 0 Å². The molecule has 0 bridgehead atoms. The Hall–Kier alpha value is -4.05. The van der Waals surface area contributed by atoms with Crippen LogP contribution < -0.4 is 20.9 Å². The topological polar surface area (TPSA) is 233 Å². The van der Waals surface area contributed by atoms with E-state index >= 15 is 4.39 Å². The number of azide groups is 1. The van der Waals surface area contributed by atoms with Crippen LogP contribution in [0.1, 0.15) is 52.8 Å². The lowest BCUT2D eigenvalue weighted by Gasteiger charge is -2.32. The van der Waals surface area contributed by atoms with Crippen LogP contribution in [0.3, 0.4) is 0 Å². The third-order valence-corrected chi connectivity index (χ3v) is 8.30. The predicted molar refractivity (Wildman–Crippen MR) is 163 cm³/mol.